The molecule has 33 heavy (non-hydrogen) atoms. The fourth-order valence-electron chi connectivity index (χ4n) is 4.51. The van der Waals surface area contributed by atoms with E-state index in [4.69, 9.17) is 4.74 Å². The average Bonchev–Trinajstić information content (AvgIpc) is 3.38. The summed E-state index contributed by atoms with van der Waals surface area (Å²) in [5.74, 6) is 1.35. The highest BCUT2D eigenvalue weighted by atomic mass is 32.2. The van der Waals surface area contributed by atoms with Crippen molar-refractivity contribution in [2.24, 2.45) is 0 Å². The molecule has 3 aromatic rings. The predicted octanol–water partition coefficient (Wildman–Crippen LogP) is 4.98. The fourth-order valence-corrected chi connectivity index (χ4v) is 5.97. The van der Waals surface area contributed by atoms with Crippen LogP contribution in [0.2, 0.25) is 0 Å². The molecule has 5 rings (SSSR count). The zero-order chi connectivity index (χ0) is 23.0. The van der Waals surface area contributed by atoms with Crippen LogP contribution < -0.4 is 15.0 Å². The average molecular weight is 460 g/mol. The standard InChI is InChI=1S/C26H25N3O3S/c1-18-10-12-20(13-11-18)27-25(31)29-14-15-33-26(29)22-8-3-4-9-23(22)28(24(26)30)17-19-6-5-7-21(16-19)32-2/h3-13,16H,14-15,17H2,1-2H3,(H,27,31)/t26-/m0/s1. The number of rotatable bonds is 4. The van der Waals surface area contributed by atoms with Crippen LogP contribution in [0.4, 0.5) is 16.2 Å². The van der Waals surface area contributed by atoms with Crippen molar-refractivity contribution < 1.29 is 14.3 Å². The van der Waals surface area contributed by atoms with Crippen LogP contribution in [0.3, 0.4) is 0 Å². The molecule has 2 aliphatic heterocycles. The molecule has 2 heterocycles. The molecule has 3 aromatic carbocycles. The number of nitrogens with zero attached hydrogens (tertiary/aromatic N) is 2. The SMILES string of the molecule is COc1cccc(CN2C(=O)[C@@]3(SCCN3C(=O)Nc3ccc(C)cc3)c3ccccc32)c1. The summed E-state index contributed by atoms with van der Waals surface area (Å²) in [6.45, 7) is 2.90. The number of urea groups is 1. The molecule has 168 valence electrons. The van der Waals surface area contributed by atoms with Crippen LogP contribution in [0.15, 0.2) is 72.8 Å². The molecular formula is C26H25N3O3S. The van der Waals surface area contributed by atoms with Gasteiger partial charge in [-0.2, -0.15) is 0 Å². The number of carbonyl (C=O) groups excluding carboxylic acids is 2. The summed E-state index contributed by atoms with van der Waals surface area (Å²) < 4.78 is 5.35. The van der Waals surface area contributed by atoms with E-state index >= 15 is 0 Å². The number of fused-ring (bicyclic) bond motifs is 2. The Bertz CT molecular complexity index is 1210. The van der Waals surface area contributed by atoms with E-state index in [1.54, 1.807) is 16.9 Å². The number of amides is 3. The van der Waals surface area contributed by atoms with Crippen LogP contribution in [0, 0.1) is 6.92 Å². The van der Waals surface area contributed by atoms with Gasteiger partial charge in [-0.1, -0.05) is 48.0 Å². The normalized spacial score (nSPS) is 19.2. The molecule has 0 saturated carbocycles. The third-order valence-corrected chi connectivity index (χ3v) is 7.54. The highest BCUT2D eigenvalue weighted by Crippen LogP contribution is 2.54. The lowest BCUT2D eigenvalue weighted by atomic mass is 10.1. The van der Waals surface area contributed by atoms with Crippen LogP contribution in [0.1, 0.15) is 16.7 Å². The van der Waals surface area contributed by atoms with Crippen molar-refractivity contribution in [3.63, 3.8) is 0 Å². The summed E-state index contributed by atoms with van der Waals surface area (Å²) in [7, 11) is 1.63. The van der Waals surface area contributed by atoms with Gasteiger partial charge in [0.05, 0.1) is 19.3 Å². The van der Waals surface area contributed by atoms with E-state index < -0.39 is 4.87 Å². The molecule has 3 amide bonds. The van der Waals surface area contributed by atoms with Gasteiger partial charge in [0.2, 0.25) is 0 Å². The van der Waals surface area contributed by atoms with Crippen molar-refractivity contribution in [2.75, 3.05) is 29.6 Å². The summed E-state index contributed by atoms with van der Waals surface area (Å²) in [5.41, 5.74) is 4.50. The van der Waals surface area contributed by atoms with Crippen molar-refractivity contribution in [2.45, 2.75) is 18.3 Å². The molecule has 1 saturated heterocycles. The number of carbonyl (C=O) groups is 2. The summed E-state index contributed by atoms with van der Waals surface area (Å²) in [6.07, 6.45) is 0. The van der Waals surface area contributed by atoms with E-state index in [2.05, 4.69) is 5.32 Å². The van der Waals surface area contributed by atoms with Crippen LogP contribution in [0.25, 0.3) is 0 Å². The number of nitrogens with one attached hydrogen (secondary N) is 1. The minimum atomic E-state index is -1.07. The Morgan fingerprint density at radius 3 is 2.67 bits per heavy atom. The van der Waals surface area contributed by atoms with E-state index in [-0.39, 0.29) is 11.9 Å². The second-order valence-corrected chi connectivity index (χ2v) is 9.49. The minimum Gasteiger partial charge on any atom is -0.497 e. The molecule has 0 unspecified atom stereocenters. The lowest BCUT2D eigenvalue weighted by Crippen LogP contribution is -2.51. The third kappa shape index (κ3) is 3.62. The smallest absolute Gasteiger partial charge is 0.323 e. The van der Waals surface area contributed by atoms with Crippen molar-refractivity contribution in [3.05, 3.63) is 89.5 Å². The number of hydrogen-bond acceptors (Lipinski definition) is 4. The highest BCUT2D eigenvalue weighted by molar-refractivity contribution is 8.01. The summed E-state index contributed by atoms with van der Waals surface area (Å²) in [6, 6.07) is 22.9. The molecule has 1 N–H and O–H groups in total. The molecule has 1 fully saturated rings. The van der Waals surface area contributed by atoms with E-state index in [0.717, 1.165) is 28.1 Å². The first-order chi connectivity index (χ1) is 16.0. The van der Waals surface area contributed by atoms with Gasteiger partial charge < -0.3 is 15.0 Å². The minimum absolute atomic E-state index is 0.0897. The van der Waals surface area contributed by atoms with Crippen molar-refractivity contribution in [3.8, 4) is 5.75 Å². The summed E-state index contributed by atoms with van der Waals surface area (Å²) in [5, 5.41) is 2.98. The molecule has 0 aliphatic carbocycles. The van der Waals surface area contributed by atoms with Gasteiger partial charge in [0.1, 0.15) is 5.75 Å². The van der Waals surface area contributed by atoms with Gasteiger partial charge in [0, 0.05) is 23.5 Å². The predicted molar refractivity (Wildman–Crippen MR) is 132 cm³/mol. The first-order valence-corrected chi connectivity index (χ1v) is 11.8. The molecule has 1 atom stereocenters. The van der Waals surface area contributed by atoms with Crippen molar-refractivity contribution in [1.82, 2.24) is 4.90 Å². The number of para-hydroxylation sites is 1. The van der Waals surface area contributed by atoms with Crippen LogP contribution in [-0.4, -0.2) is 36.2 Å². The number of aryl methyl sites for hydroxylation is 1. The Hall–Kier alpha value is -3.45. The van der Waals surface area contributed by atoms with Gasteiger partial charge in [0.15, 0.2) is 4.87 Å². The van der Waals surface area contributed by atoms with Gasteiger partial charge in [-0.15, -0.1) is 11.8 Å². The molecule has 7 heteroatoms. The largest absolute Gasteiger partial charge is 0.497 e. The number of ether oxygens (including phenoxy) is 1. The first kappa shape index (κ1) is 21.4. The second-order valence-electron chi connectivity index (χ2n) is 8.20. The van der Waals surface area contributed by atoms with Gasteiger partial charge >= 0.3 is 6.03 Å². The topological polar surface area (TPSA) is 61.9 Å². The van der Waals surface area contributed by atoms with E-state index in [9.17, 15) is 9.59 Å². The number of hydrogen-bond donors (Lipinski definition) is 1. The molecule has 0 bridgehead atoms. The monoisotopic (exact) mass is 459 g/mol. The number of anilines is 2. The molecule has 0 radical (unpaired) electrons. The first-order valence-electron chi connectivity index (χ1n) is 10.9. The number of methoxy groups -OCH3 is 1. The lowest BCUT2D eigenvalue weighted by Gasteiger charge is -2.33. The number of thioether (sulfide) groups is 1. The summed E-state index contributed by atoms with van der Waals surface area (Å²) in [4.78, 5) is 29.8. The van der Waals surface area contributed by atoms with Crippen LogP contribution in [-0.2, 0) is 16.2 Å². The molecule has 2 aliphatic rings. The Labute approximate surface area is 197 Å². The van der Waals surface area contributed by atoms with Gasteiger partial charge in [-0.25, -0.2) is 4.79 Å². The second kappa shape index (κ2) is 8.48. The Kier molecular flexibility index (Phi) is 5.50. The Balaban J connectivity index is 1.49. The van der Waals surface area contributed by atoms with E-state index in [1.807, 2.05) is 79.7 Å². The van der Waals surface area contributed by atoms with Gasteiger partial charge in [-0.3, -0.25) is 9.69 Å². The van der Waals surface area contributed by atoms with Crippen LogP contribution in [0.5, 0.6) is 5.75 Å². The molecular weight excluding hydrogens is 434 g/mol. The Morgan fingerprint density at radius 2 is 1.88 bits per heavy atom. The number of benzene rings is 3. The Morgan fingerprint density at radius 1 is 1.09 bits per heavy atom. The highest BCUT2D eigenvalue weighted by Gasteiger charge is 2.59. The van der Waals surface area contributed by atoms with E-state index in [1.165, 1.54) is 11.8 Å². The fraction of sp³-hybridized carbons (Fsp3) is 0.231. The van der Waals surface area contributed by atoms with E-state index in [0.29, 0.717) is 24.5 Å². The van der Waals surface area contributed by atoms with Crippen molar-refractivity contribution in [1.29, 1.82) is 0 Å². The molecule has 6 nitrogen and oxygen atoms in total. The molecule has 0 aromatic heterocycles. The third-order valence-electron chi connectivity index (χ3n) is 6.12. The van der Waals surface area contributed by atoms with Crippen LogP contribution >= 0.6 is 11.8 Å². The zero-order valence-electron chi connectivity index (χ0n) is 18.6. The molecule has 1 spiro atoms. The maximum Gasteiger partial charge on any atom is 0.323 e. The zero-order valence-corrected chi connectivity index (χ0v) is 19.4. The maximum atomic E-state index is 14.0. The summed E-state index contributed by atoms with van der Waals surface area (Å²) >= 11 is 1.52. The quantitative estimate of drug-likeness (QED) is 0.598. The lowest BCUT2D eigenvalue weighted by molar-refractivity contribution is -0.123. The van der Waals surface area contributed by atoms with Gasteiger partial charge in [-0.05, 0) is 42.8 Å². The maximum absolute atomic E-state index is 14.0. The van der Waals surface area contributed by atoms with Gasteiger partial charge in [0.25, 0.3) is 5.91 Å². The van der Waals surface area contributed by atoms with Crippen molar-refractivity contribution >= 4 is 35.1 Å².